The van der Waals surface area contributed by atoms with E-state index in [9.17, 15) is 4.79 Å². The molecule has 1 aliphatic carbocycles. The van der Waals surface area contributed by atoms with Gasteiger partial charge in [-0.1, -0.05) is 6.07 Å². The summed E-state index contributed by atoms with van der Waals surface area (Å²) in [6, 6.07) is 9.18. The van der Waals surface area contributed by atoms with Crippen LogP contribution in [0.5, 0.6) is 5.75 Å². The molecule has 0 heterocycles. The number of anilines is 1. The Bertz CT molecular complexity index is 492. The maximum Gasteiger partial charge on any atom is 0.223 e. The highest BCUT2D eigenvalue weighted by atomic mass is 16.5. The third-order valence-corrected chi connectivity index (χ3v) is 2.90. The van der Waals surface area contributed by atoms with Crippen molar-refractivity contribution < 1.29 is 9.53 Å². The SMILES string of the molecule is COc1cccc(NC(C#N)CC(=O)NC2CC2)c1. The van der Waals surface area contributed by atoms with E-state index in [2.05, 4.69) is 16.7 Å². The van der Waals surface area contributed by atoms with Crippen LogP contribution in [0.25, 0.3) is 0 Å². The Balaban J connectivity index is 1.90. The van der Waals surface area contributed by atoms with Crippen molar-refractivity contribution in [2.75, 3.05) is 12.4 Å². The van der Waals surface area contributed by atoms with E-state index in [1.54, 1.807) is 13.2 Å². The molecule has 1 amide bonds. The minimum Gasteiger partial charge on any atom is -0.497 e. The fraction of sp³-hybridized carbons (Fsp3) is 0.429. The zero-order valence-electron chi connectivity index (χ0n) is 10.8. The molecule has 1 unspecified atom stereocenters. The van der Waals surface area contributed by atoms with Gasteiger partial charge >= 0.3 is 0 Å². The summed E-state index contributed by atoms with van der Waals surface area (Å²) in [4.78, 5) is 11.6. The van der Waals surface area contributed by atoms with Gasteiger partial charge in [0.15, 0.2) is 0 Å². The average Bonchev–Trinajstić information content (AvgIpc) is 3.22. The van der Waals surface area contributed by atoms with Crippen LogP contribution in [-0.4, -0.2) is 25.1 Å². The molecule has 0 aromatic heterocycles. The van der Waals surface area contributed by atoms with Crippen molar-refractivity contribution in [1.29, 1.82) is 5.26 Å². The molecule has 0 saturated heterocycles. The van der Waals surface area contributed by atoms with Gasteiger partial charge in [0.25, 0.3) is 0 Å². The Kier molecular flexibility index (Phi) is 4.24. The van der Waals surface area contributed by atoms with Crippen molar-refractivity contribution in [3.05, 3.63) is 24.3 Å². The molecule has 5 nitrogen and oxygen atoms in total. The lowest BCUT2D eigenvalue weighted by molar-refractivity contribution is -0.121. The number of methoxy groups -OCH3 is 1. The number of nitrogens with one attached hydrogen (secondary N) is 2. The van der Waals surface area contributed by atoms with Crippen molar-refractivity contribution in [3.8, 4) is 11.8 Å². The van der Waals surface area contributed by atoms with E-state index in [4.69, 9.17) is 10.00 Å². The first kappa shape index (κ1) is 13.2. The predicted molar refractivity (Wildman–Crippen MR) is 71.8 cm³/mol. The van der Waals surface area contributed by atoms with Gasteiger partial charge in [-0.3, -0.25) is 4.79 Å². The fourth-order valence-corrected chi connectivity index (χ4v) is 1.74. The third-order valence-electron chi connectivity index (χ3n) is 2.90. The zero-order valence-corrected chi connectivity index (χ0v) is 10.8. The van der Waals surface area contributed by atoms with Gasteiger partial charge in [0, 0.05) is 17.8 Å². The Morgan fingerprint density at radius 3 is 3.00 bits per heavy atom. The first-order chi connectivity index (χ1) is 9.21. The normalized spacial score (nSPS) is 15.2. The van der Waals surface area contributed by atoms with Gasteiger partial charge in [0.05, 0.1) is 19.6 Å². The molecular weight excluding hydrogens is 242 g/mol. The molecule has 100 valence electrons. The van der Waals surface area contributed by atoms with E-state index in [0.29, 0.717) is 11.8 Å². The van der Waals surface area contributed by atoms with Crippen LogP contribution in [0.3, 0.4) is 0 Å². The second-order valence-electron chi connectivity index (χ2n) is 4.60. The van der Waals surface area contributed by atoms with Gasteiger partial charge in [0.2, 0.25) is 5.91 Å². The lowest BCUT2D eigenvalue weighted by Gasteiger charge is -2.13. The van der Waals surface area contributed by atoms with Gasteiger partial charge in [0.1, 0.15) is 11.8 Å². The van der Waals surface area contributed by atoms with Crippen molar-refractivity contribution in [2.24, 2.45) is 0 Å². The highest BCUT2D eigenvalue weighted by Crippen LogP contribution is 2.20. The highest BCUT2D eigenvalue weighted by Gasteiger charge is 2.24. The average molecular weight is 259 g/mol. The number of rotatable bonds is 6. The summed E-state index contributed by atoms with van der Waals surface area (Å²) in [7, 11) is 1.59. The summed E-state index contributed by atoms with van der Waals surface area (Å²) in [5.41, 5.74) is 0.769. The second-order valence-corrected chi connectivity index (χ2v) is 4.60. The number of amides is 1. The summed E-state index contributed by atoms with van der Waals surface area (Å²) >= 11 is 0. The smallest absolute Gasteiger partial charge is 0.223 e. The van der Waals surface area contributed by atoms with Crippen molar-refractivity contribution in [1.82, 2.24) is 5.32 Å². The van der Waals surface area contributed by atoms with E-state index >= 15 is 0 Å². The van der Waals surface area contributed by atoms with E-state index in [-0.39, 0.29) is 12.3 Å². The molecule has 19 heavy (non-hydrogen) atoms. The maximum absolute atomic E-state index is 11.6. The molecule has 2 rings (SSSR count). The van der Waals surface area contributed by atoms with Gasteiger partial charge in [-0.05, 0) is 25.0 Å². The minimum atomic E-state index is -0.536. The molecule has 1 aliphatic rings. The number of hydrogen-bond donors (Lipinski definition) is 2. The van der Waals surface area contributed by atoms with Crippen LogP contribution in [-0.2, 0) is 4.79 Å². The van der Waals surface area contributed by atoms with Gasteiger partial charge in [-0.2, -0.15) is 5.26 Å². The van der Waals surface area contributed by atoms with Crippen molar-refractivity contribution in [2.45, 2.75) is 31.3 Å². The van der Waals surface area contributed by atoms with Crippen LogP contribution in [0, 0.1) is 11.3 Å². The van der Waals surface area contributed by atoms with Crippen molar-refractivity contribution in [3.63, 3.8) is 0 Å². The summed E-state index contributed by atoms with van der Waals surface area (Å²) < 4.78 is 5.11. The fourth-order valence-electron chi connectivity index (χ4n) is 1.74. The van der Waals surface area contributed by atoms with Gasteiger partial charge in [-0.25, -0.2) is 0 Å². The lowest BCUT2D eigenvalue weighted by atomic mass is 10.2. The summed E-state index contributed by atoms with van der Waals surface area (Å²) in [5.74, 6) is 0.633. The monoisotopic (exact) mass is 259 g/mol. The van der Waals surface area contributed by atoms with Gasteiger partial charge in [-0.15, -0.1) is 0 Å². The van der Waals surface area contributed by atoms with Crippen LogP contribution in [0.1, 0.15) is 19.3 Å². The molecule has 0 aliphatic heterocycles. The van der Waals surface area contributed by atoms with Gasteiger partial charge < -0.3 is 15.4 Å². The Labute approximate surface area is 112 Å². The lowest BCUT2D eigenvalue weighted by Crippen LogP contribution is -2.31. The number of benzene rings is 1. The molecule has 2 N–H and O–H groups in total. The standard InChI is InChI=1S/C14H17N3O2/c1-19-13-4-2-3-11(7-13)16-12(9-15)8-14(18)17-10-5-6-10/h2-4,7,10,12,16H,5-6,8H2,1H3,(H,17,18). The van der Waals surface area contributed by atoms with Crippen molar-refractivity contribution >= 4 is 11.6 Å². The number of carbonyl (C=O) groups is 1. The predicted octanol–water partition coefficient (Wildman–Crippen LogP) is 1.67. The van der Waals surface area contributed by atoms with Crippen LogP contribution in [0.4, 0.5) is 5.69 Å². The number of nitriles is 1. The first-order valence-corrected chi connectivity index (χ1v) is 6.31. The number of ether oxygens (including phenoxy) is 1. The summed E-state index contributed by atoms with van der Waals surface area (Å²) in [6.07, 6.45) is 2.25. The molecule has 1 aromatic rings. The Morgan fingerprint density at radius 2 is 2.37 bits per heavy atom. The van der Waals surface area contributed by atoms with Crippen LogP contribution in [0.2, 0.25) is 0 Å². The maximum atomic E-state index is 11.6. The minimum absolute atomic E-state index is 0.0792. The van der Waals surface area contributed by atoms with Crippen LogP contribution < -0.4 is 15.4 Å². The molecule has 0 spiro atoms. The topological polar surface area (TPSA) is 74.1 Å². The molecule has 0 radical (unpaired) electrons. The van der Waals surface area contributed by atoms with E-state index < -0.39 is 6.04 Å². The third kappa shape index (κ3) is 4.18. The number of carbonyl (C=O) groups excluding carboxylic acids is 1. The van der Waals surface area contributed by atoms with Crippen LogP contribution in [0.15, 0.2) is 24.3 Å². The molecule has 1 atom stereocenters. The number of hydrogen-bond acceptors (Lipinski definition) is 4. The van der Waals surface area contributed by atoms with Crippen LogP contribution >= 0.6 is 0 Å². The highest BCUT2D eigenvalue weighted by molar-refractivity contribution is 5.78. The largest absolute Gasteiger partial charge is 0.497 e. The zero-order chi connectivity index (χ0) is 13.7. The Hall–Kier alpha value is -2.22. The van der Waals surface area contributed by atoms with E-state index in [1.165, 1.54) is 0 Å². The molecular formula is C14H17N3O2. The molecule has 0 bridgehead atoms. The summed E-state index contributed by atoms with van der Waals surface area (Å²) in [5, 5.41) is 15.0. The van der Waals surface area contributed by atoms with E-state index in [1.807, 2.05) is 18.2 Å². The quantitative estimate of drug-likeness (QED) is 0.815. The summed E-state index contributed by atoms with van der Waals surface area (Å²) in [6.45, 7) is 0. The molecule has 1 aromatic carbocycles. The second kappa shape index (κ2) is 6.10. The molecule has 1 fully saturated rings. The molecule has 1 saturated carbocycles. The first-order valence-electron chi connectivity index (χ1n) is 6.31. The van der Waals surface area contributed by atoms with E-state index in [0.717, 1.165) is 18.5 Å². The Morgan fingerprint density at radius 1 is 1.58 bits per heavy atom. The number of nitrogens with zero attached hydrogens (tertiary/aromatic N) is 1. The molecule has 5 heteroatoms.